The molecule has 3 aromatic rings. The van der Waals surface area contributed by atoms with Crippen LogP contribution in [0.3, 0.4) is 0 Å². The zero-order valence-corrected chi connectivity index (χ0v) is 23.0. The predicted octanol–water partition coefficient (Wildman–Crippen LogP) is 7.45. The Morgan fingerprint density at radius 3 is 2.59 bits per heavy atom. The van der Waals surface area contributed by atoms with Crippen LogP contribution in [-0.2, 0) is 24.4 Å². The number of benzene rings is 3. The molecule has 0 spiro atoms. The molecule has 2 amide bonds. The smallest absolute Gasteiger partial charge is 0.293 e. The number of imide groups is 1. The highest BCUT2D eigenvalue weighted by Gasteiger charge is 2.35. The topological polar surface area (TPSA) is 99.0 Å². The molecule has 0 unspecified atom stereocenters. The third-order valence-corrected chi connectivity index (χ3v) is 7.25. The van der Waals surface area contributed by atoms with Gasteiger partial charge in [0.1, 0.15) is 6.61 Å². The third kappa shape index (κ3) is 6.62. The number of nitro groups is 1. The lowest BCUT2D eigenvalue weighted by atomic mass is 10.0. The Bertz CT molecular complexity index is 1510. The average molecular weight is 585 g/mol. The summed E-state index contributed by atoms with van der Waals surface area (Å²) in [7, 11) is 1.51. The summed E-state index contributed by atoms with van der Waals surface area (Å²) in [6, 6.07) is 14.5. The maximum Gasteiger partial charge on any atom is 0.293 e. The standard InChI is InChI=1S/C28H22Cl2N2O6S/c1-3-5-19-10-18(12-24(37-2)26(19)38-16-20-8-9-21(29)14-23(20)30)13-25-27(33)31(28(34)39-25)15-17-6-4-7-22(11-17)32(35)36/h3-4,6-14H,1,5,15-16H2,2H3/b25-13-. The Hall–Kier alpha value is -3.79. The van der Waals surface area contributed by atoms with E-state index < -0.39 is 16.1 Å². The lowest BCUT2D eigenvalue weighted by Gasteiger charge is -2.16. The van der Waals surface area contributed by atoms with Crippen LogP contribution < -0.4 is 9.47 Å². The zero-order chi connectivity index (χ0) is 28.1. The molecule has 1 aliphatic rings. The summed E-state index contributed by atoms with van der Waals surface area (Å²) in [6.45, 7) is 3.92. The zero-order valence-electron chi connectivity index (χ0n) is 20.7. The predicted molar refractivity (Wildman–Crippen MR) is 152 cm³/mol. The molecule has 0 radical (unpaired) electrons. The number of halogens is 2. The van der Waals surface area contributed by atoms with Gasteiger partial charge in [0.05, 0.1) is 23.5 Å². The Morgan fingerprint density at radius 1 is 1.10 bits per heavy atom. The van der Waals surface area contributed by atoms with Crippen molar-refractivity contribution in [2.75, 3.05) is 7.11 Å². The maximum absolute atomic E-state index is 13.1. The van der Waals surface area contributed by atoms with E-state index in [0.29, 0.717) is 39.1 Å². The van der Waals surface area contributed by atoms with E-state index >= 15 is 0 Å². The van der Waals surface area contributed by atoms with E-state index in [4.69, 9.17) is 32.7 Å². The number of methoxy groups -OCH3 is 1. The molecule has 11 heteroatoms. The van der Waals surface area contributed by atoms with Gasteiger partial charge in [-0.1, -0.05) is 47.5 Å². The highest BCUT2D eigenvalue weighted by molar-refractivity contribution is 8.18. The quantitative estimate of drug-likeness (QED) is 0.105. The third-order valence-electron chi connectivity index (χ3n) is 5.76. The van der Waals surface area contributed by atoms with E-state index in [0.717, 1.165) is 27.8 Å². The highest BCUT2D eigenvalue weighted by Crippen LogP contribution is 2.38. The number of hydrogen-bond acceptors (Lipinski definition) is 7. The van der Waals surface area contributed by atoms with E-state index in [2.05, 4.69) is 6.58 Å². The second-order valence-electron chi connectivity index (χ2n) is 8.42. The molecular formula is C28H22Cl2N2O6S. The Labute approximate surface area is 239 Å². The van der Waals surface area contributed by atoms with Gasteiger partial charge >= 0.3 is 0 Å². The molecule has 8 nitrogen and oxygen atoms in total. The number of non-ortho nitro benzene ring substituents is 1. The summed E-state index contributed by atoms with van der Waals surface area (Å²) in [4.78, 5) is 37.5. The minimum atomic E-state index is -0.525. The molecule has 1 heterocycles. The van der Waals surface area contributed by atoms with Gasteiger partial charge in [-0.3, -0.25) is 24.6 Å². The van der Waals surface area contributed by atoms with Crippen LogP contribution in [0.1, 0.15) is 22.3 Å². The normalized spacial score (nSPS) is 14.1. The molecule has 3 aromatic carbocycles. The lowest BCUT2D eigenvalue weighted by Crippen LogP contribution is -2.27. The fraction of sp³-hybridized carbons (Fsp3) is 0.143. The molecule has 1 saturated heterocycles. The number of amides is 2. The molecule has 0 bridgehead atoms. The first-order valence-corrected chi connectivity index (χ1v) is 13.1. The first-order chi connectivity index (χ1) is 18.7. The fourth-order valence-corrected chi connectivity index (χ4v) is 5.22. The molecule has 1 aliphatic heterocycles. The van der Waals surface area contributed by atoms with Crippen LogP contribution in [0.5, 0.6) is 11.5 Å². The summed E-state index contributed by atoms with van der Waals surface area (Å²) in [6.07, 6.45) is 3.77. The van der Waals surface area contributed by atoms with Crippen molar-refractivity contribution in [3.05, 3.63) is 115 Å². The van der Waals surface area contributed by atoms with Crippen LogP contribution in [0.2, 0.25) is 10.0 Å². The van der Waals surface area contributed by atoms with Crippen LogP contribution in [0.4, 0.5) is 10.5 Å². The van der Waals surface area contributed by atoms with Crippen molar-refractivity contribution in [3.63, 3.8) is 0 Å². The molecule has 200 valence electrons. The van der Waals surface area contributed by atoms with E-state index in [1.54, 1.807) is 42.5 Å². The number of carbonyl (C=O) groups is 2. The van der Waals surface area contributed by atoms with Gasteiger partial charge in [0.15, 0.2) is 11.5 Å². The maximum atomic E-state index is 13.1. The second kappa shape index (κ2) is 12.4. The number of hydrogen-bond donors (Lipinski definition) is 0. The van der Waals surface area contributed by atoms with E-state index in [1.165, 1.54) is 25.3 Å². The van der Waals surface area contributed by atoms with Gasteiger partial charge in [0, 0.05) is 33.3 Å². The van der Waals surface area contributed by atoms with Crippen molar-refractivity contribution >= 4 is 57.9 Å². The van der Waals surface area contributed by atoms with Crippen LogP contribution in [0, 0.1) is 10.1 Å². The molecule has 0 atom stereocenters. The van der Waals surface area contributed by atoms with Crippen LogP contribution in [0.15, 0.2) is 72.2 Å². The van der Waals surface area contributed by atoms with Crippen molar-refractivity contribution in [1.29, 1.82) is 0 Å². The number of ether oxygens (including phenoxy) is 2. The van der Waals surface area contributed by atoms with Gasteiger partial charge < -0.3 is 9.47 Å². The van der Waals surface area contributed by atoms with E-state index in [-0.39, 0.29) is 23.7 Å². The first-order valence-electron chi connectivity index (χ1n) is 11.6. The minimum absolute atomic E-state index is 0.0746. The van der Waals surface area contributed by atoms with Crippen molar-refractivity contribution in [1.82, 2.24) is 4.90 Å². The van der Waals surface area contributed by atoms with Gasteiger partial charge in [0.2, 0.25) is 0 Å². The average Bonchev–Trinajstić information content (AvgIpc) is 3.16. The number of rotatable bonds is 10. The molecule has 0 N–H and O–H groups in total. The fourth-order valence-electron chi connectivity index (χ4n) is 3.92. The number of nitro benzene ring substituents is 1. The largest absolute Gasteiger partial charge is 0.493 e. The van der Waals surface area contributed by atoms with Crippen LogP contribution in [-0.4, -0.2) is 28.1 Å². The lowest BCUT2D eigenvalue weighted by molar-refractivity contribution is -0.384. The van der Waals surface area contributed by atoms with Gasteiger partial charge in [-0.05, 0) is 59.7 Å². The molecular weight excluding hydrogens is 563 g/mol. The Kier molecular flexibility index (Phi) is 8.96. The van der Waals surface area contributed by atoms with Crippen molar-refractivity contribution in [2.24, 2.45) is 0 Å². The van der Waals surface area contributed by atoms with Gasteiger partial charge in [0.25, 0.3) is 16.8 Å². The summed E-state index contributed by atoms with van der Waals surface area (Å²) in [5, 5.41) is 11.6. The summed E-state index contributed by atoms with van der Waals surface area (Å²) in [5.41, 5.74) is 2.49. The van der Waals surface area contributed by atoms with E-state index in [1.807, 2.05) is 6.07 Å². The second-order valence-corrected chi connectivity index (χ2v) is 10.3. The molecule has 0 aliphatic carbocycles. The number of thioether (sulfide) groups is 1. The van der Waals surface area contributed by atoms with Crippen molar-refractivity contribution in [2.45, 2.75) is 19.6 Å². The number of carbonyl (C=O) groups excluding carboxylic acids is 2. The summed E-state index contributed by atoms with van der Waals surface area (Å²) in [5.74, 6) is 0.444. The number of nitrogens with zero attached hydrogens (tertiary/aromatic N) is 2. The Morgan fingerprint density at radius 2 is 1.90 bits per heavy atom. The summed E-state index contributed by atoms with van der Waals surface area (Å²) < 4.78 is 11.7. The van der Waals surface area contributed by atoms with Gasteiger partial charge in [-0.15, -0.1) is 6.58 Å². The molecule has 39 heavy (non-hydrogen) atoms. The SMILES string of the molecule is C=CCc1cc(/C=C2\SC(=O)N(Cc3cccc([N+](=O)[O-])c3)C2=O)cc(OC)c1OCc1ccc(Cl)cc1Cl. The van der Waals surface area contributed by atoms with E-state index in [9.17, 15) is 19.7 Å². The van der Waals surface area contributed by atoms with Crippen molar-refractivity contribution < 1.29 is 24.0 Å². The number of allylic oxidation sites excluding steroid dienone is 1. The Balaban J connectivity index is 1.59. The van der Waals surface area contributed by atoms with Gasteiger partial charge in [-0.2, -0.15) is 0 Å². The molecule has 0 aromatic heterocycles. The highest BCUT2D eigenvalue weighted by atomic mass is 35.5. The van der Waals surface area contributed by atoms with Crippen LogP contribution in [0.25, 0.3) is 6.08 Å². The first kappa shape index (κ1) is 28.2. The molecule has 4 rings (SSSR count). The van der Waals surface area contributed by atoms with Crippen molar-refractivity contribution in [3.8, 4) is 11.5 Å². The van der Waals surface area contributed by atoms with Crippen LogP contribution >= 0.6 is 35.0 Å². The minimum Gasteiger partial charge on any atom is -0.493 e. The molecule has 0 saturated carbocycles. The monoisotopic (exact) mass is 584 g/mol. The summed E-state index contributed by atoms with van der Waals surface area (Å²) >= 11 is 13.1. The molecule has 1 fully saturated rings. The van der Waals surface area contributed by atoms with Gasteiger partial charge in [-0.25, -0.2) is 0 Å².